The second-order valence-electron chi connectivity index (χ2n) is 13.6. The molecule has 0 unspecified atom stereocenters. The van der Waals surface area contributed by atoms with Crippen molar-refractivity contribution in [3.63, 3.8) is 0 Å². The molecule has 0 saturated heterocycles. The zero-order chi connectivity index (χ0) is 35.6. The number of phosphoric ester groups is 1. The van der Waals surface area contributed by atoms with Gasteiger partial charge in [-0.2, -0.15) is 14.6 Å². The number of thiazole rings is 1. The van der Waals surface area contributed by atoms with Crippen molar-refractivity contribution in [1.29, 1.82) is 0 Å². The first-order chi connectivity index (χ1) is 23.0. The Kier molecular flexibility index (Phi) is 11.2. The molecule has 1 aliphatic rings. The minimum atomic E-state index is -3.97. The van der Waals surface area contributed by atoms with Gasteiger partial charge in [0.2, 0.25) is 5.95 Å². The van der Waals surface area contributed by atoms with Gasteiger partial charge in [-0.05, 0) is 86.3 Å². The molecule has 5 rings (SSSR count). The van der Waals surface area contributed by atoms with Crippen LogP contribution in [0.25, 0.3) is 22.0 Å². The van der Waals surface area contributed by atoms with Crippen molar-refractivity contribution < 1.29 is 36.4 Å². The number of ether oxygens (including phenoxy) is 1. The Labute approximate surface area is 288 Å². The Balaban J connectivity index is 1.31. The molecule has 266 valence electrons. The van der Waals surface area contributed by atoms with Gasteiger partial charge in [0.15, 0.2) is 12.5 Å². The molecule has 1 amide bonds. The smallest absolute Gasteiger partial charge is 0.379 e. The summed E-state index contributed by atoms with van der Waals surface area (Å²) in [6.45, 7) is 12.8. The fourth-order valence-corrected chi connectivity index (χ4v) is 7.77. The van der Waals surface area contributed by atoms with E-state index in [2.05, 4.69) is 25.5 Å². The molecular weight excluding hydrogens is 679 g/mol. The van der Waals surface area contributed by atoms with E-state index < -0.39 is 36.7 Å². The van der Waals surface area contributed by atoms with Crippen LogP contribution in [-0.4, -0.2) is 59.3 Å². The number of nitrogens with one attached hydrogen (secondary N) is 1. The summed E-state index contributed by atoms with van der Waals surface area (Å²) >= 11 is 1.21. The van der Waals surface area contributed by atoms with Gasteiger partial charge in [-0.1, -0.05) is 0 Å². The van der Waals surface area contributed by atoms with Gasteiger partial charge in [0.05, 0.1) is 35.2 Å². The van der Waals surface area contributed by atoms with Crippen LogP contribution < -0.4 is 5.32 Å². The molecule has 4 aromatic heterocycles. The quantitative estimate of drug-likeness (QED) is 0.113. The van der Waals surface area contributed by atoms with Crippen molar-refractivity contribution in [2.75, 3.05) is 11.9 Å². The van der Waals surface area contributed by atoms with E-state index in [1.807, 2.05) is 6.92 Å². The van der Waals surface area contributed by atoms with Crippen LogP contribution in [0.3, 0.4) is 0 Å². The zero-order valence-corrected chi connectivity index (χ0v) is 30.3. The van der Waals surface area contributed by atoms with Crippen LogP contribution in [0.5, 0.6) is 0 Å². The number of nitrogens with zero attached hydrogens (tertiary/aromatic N) is 6. The molecule has 1 N–H and O–H groups in total. The van der Waals surface area contributed by atoms with Crippen LogP contribution in [0, 0.1) is 11.8 Å². The third-order valence-corrected chi connectivity index (χ3v) is 10.0. The number of hydrogen-bond donors (Lipinski definition) is 1. The highest BCUT2D eigenvalue weighted by Crippen LogP contribution is 2.55. The Morgan fingerprint density at radius 3 is 2.37 bits per heavy atom. The van der Waals surface area contributed by atoms with E-state index in [-0.39, 0.29) is 41.6 Å². The maximum absolute atomic E-state index is 14.9. The molecule has 0 aromatic carbocycles. The van der Waals surface area contributed by atoms with Crippen molar-refractivity contribution in [1.82, 2.24) is 29.5 Å². The first kappa shape index (κ1) is 36.9. The number of phosphoric acid groups is 1. The highest BCUT2D eigenvalue weighted by atomic mass is 32.1. The van der Waals surface area contributed by atoms with Crippen LogP contribution in [-0.2, 0) is 29.6 Å². The molecule has 4 heterocycles. The van der Waals surface area contributed by atoms with Crippen molar-refractivity contribution in [2.24, 2.45) is 0 Å². The highest BCUT2D eigenvalue weighted by molar-refractivity contribution is 7.48. The Morgan fingerprint density at radius 2 is 1.71 bits per heavy atom. The predicted octanol–water partition coefficient (Wildman–Crippen LogP) is 8.03. The lowest BCUT2D eigenvalue weighted by Crippen LogP contribution is -2.25. The lowest BCUT2D eigenvalue weighted by Gasteiger charge is -2.30. The van der Waals surface area contributed by atoms with E-state index in [1.165, 1.54) is 22.2 Å². The molecule has 1 saturated carbocycles. The van der Waals surface area contributed by atoms with Gasteiger partial charge in [-0.15, -0.1) is 11.3 Å². The van der Waals surface area contributed by atoms with E-state index >= 15 is 0 Å². The molecule has 0 radical (unpaired) electrons. The Bertz CT molecular complexity index is 1790. The minimum absolute atomic E-state index is 0.0113. The van der Waals surface area contributed by atoms with Gasteiger partial charge in [-0.3, -0.25) is 23.0 Å². The normalized spacial score (nSPS) is 17.4. The van der Waals surface area contributed by atoms with E-state index in [9.17, 15) is 18.1 Å². The summed E-state index contributed by atoms with van der Waals surface area (Å²) in [5.74, 6) is -2.22. The fraction of sp³-hybridized carbons (Fsp3) is 0.531. The molecule has 0 bridgehead atoms. The number of carbonyl (C=O) groups excluding carboxylic acids is 1. The number of halogens is 2. The van der Waals surface area contributed by atoms with Gasteiger partial charge in [-0.25, -0.2) is 23.6 Å². The Hall–Kier alpha value is -3.40. The van der Waals surface area contributed by atoms with E-state index in [1.54, 1.807) is 64.0 Å². The molecule has 49 heavy (non-hydrogen) atoms. The number of carbonyl (C=O) groups is 1. The van der Waals surface area contributed by atoms with E-state index in [0.29, 0.717) is 17.2 Å². The maximum atomic E-state index is 14.9. The average molecular weight is 722 g/mol. The van der Waals surface area contributed by atoms with Crippen LogP contribution in [0.15, 0.2) is 36.1 Å². The predicted molar refractivity (Wildman–Crippen MR) is 180 cm³/mol. The maximum Gasteiger partial charge on any atom is 0.477 e. The number of aromatic nitrogens is 6. The SMILES string of the molecule is CCO[C@H]1CC[C@H](n2cc(NC(=O)c3csc(-c4cnn(COP(=O)(OC(C)(C)C)OC(C)(C)C)c4)n3)c(-c3nc(F)ccc3F)n2)CC1. The summed E-state index contributed by atoms with van der Waals surface area (Å²) in [5.41, 5.74) is -1.04. The summed E-state index contributed by atoms with van der Waals surface area (Å²) in [7, 11) is -3.97. The molecule has 13 nitrogen and oxygen atoms in total. The van der Waals surface area contributed by atoms with Gasteiger partial charge >= 0.3 is 7.82 Å². The zero-order valence-electron chi connectivity index (χ0n) is 28.6. The standard InChI is InChI=1S/C32H42F2N7O6PS/c1-8-44-22-11-9-21(10-12-22)41-17-24(28(39-41)27-23(33)13-14-26(34)38-27)36-29(42)25-18-49-30(37-25)20-15-35-40(16-20)19-45-48(43,46-31(2,3)4)47-32(5,6)7/h13-18,21-22H,8-12,19H2,1-7H3,(H,36,42)/t21-,22-. The summed E-state index contributed by atoms with van der Waals surface area (Å²) in [6, 6.07) is 1.88. The molecular formula is C32H42F2N7O6PS. The molecule has 1 fully saturated rings. The molecule has 1 aliphatic carbocycles. The third-order valence-electron chi connectivity index (χ3n) is 7.17. The topological polar surface area (TPSA) is 145 Å². The molecule has 0 aliphatic heterocycles. The number of hydrogen-bond acceptors (Lipinski definition) is 11. The van der Waals surface area contributed by atoms with Crippen molar-refractivity contribution in [3.05, 3.63) is 53.6 Å². The molecule has 0 spiro atoms. The van der Waals surface area contributed by atoms with Crippen LogP contribution in [0.1, 0.15) is 90.7 Å². The summed E-state index contributed by atoms with van der Waals surface area (Å²) in [4.78, 5) is 21.6. The van der Waals surface area contributed by atoms with Crippen LogP contribution >= 0.6 is 19.2 Å². The number of anilines is 1. The lowest BCUT2D eigenvalue weighted by molar-refractivity contribution is -0.00759. The monoisotopic (exact) mass is 721 g/mol. The Morgan fingerprint density at radius 1 is 1.02 bits per heavy atom. The first-order valence-corrected chi connectivity index (χ1v) is 18.3. The van der Waals surface area contributed by atoms with Gasteiger partial charge in [0.25, 0.3) is 5.91 Å². The largest absolute Gasteiger partial charge is 0.477 e. The molecule has 4 aromatic rings. The van der Waals surface area contributed by atoms with Crippen molar-refractivity contribution >= 4 is 30.8 Å². The summed E-state index contributed by atoms with van der Waals surface area (Å²) in [6.07, 6.45) is 8.16. The average Bonchev–Trinajstić information content (AvgIpc) is 3.76. The highest BCUT2D eigenvalue weighted by Gasteiger charge is 2.37. The molecule has 17 heteroatoms. The first-order valence-electron chi connectivity index (χ1n) is 16.0. The van der Waals surface area contributed by atoms with E-state index in [4.69, 9.17) is 18.3 Å². The van der Waals surface area contributed by atoms with Crippen LogP contribution in [0.4, 0.5) is 14.5 Å². The number of rotatable bonds is 12. The minimum Gasteiger partial charge on any atom is -0.379 e. The lowest BCUT2D eigenvalue weighted by atomic mass is 9.93. The van der Waals surface area contributed by atoms with Crippen molar-refractivity contribution in [3.8, 4) is 22.0 Å². The summed E-state index contributed by atoms with van der Waals surface area (Å²) < 4.78 is 68.1. The van der Waals surface area contributed by atoms with Gasteiger partial charge in [0, 0.05) is 29.9 Å². The number of amides is 1. The van der Waals surface area contributed by atoms with Gasteiger partial charge in [0.1, 0.15) is 22.1 Å². The second-order valence-corrected chi connectivity index (χ2v) is 16.0. The fourth-order valence-electron chi connectivity index (χ4n) is 5.26. The van der Waals surface area contributed by atoms with E-state index in [0.717, 1.165) is 37.8 Å². The summed E-state index contributed by atoms with van der Waals surface area (Å²) in [5, 5.41) is 13.7. The van der Waals surface area contributed by atoms with Gasteiger partial charge < -0.3 is 10.1 Å². The van der Waals surface area contributed by atoms with Crippen molar-refractivity contribution in [2.45, 2.75) is 104 Å². The molecule has 0 atom stereocenters. The second kappa shape index (κ2) is 14.8. The number of pyridine rings is 1. The third kappa shape index (κ3) is 9.86. The van der Waals surface area contributed by atoms with Crippen LogP contribution in [0.2, 0.25) is 0 Å².